The molecule has 0 aromatic heterocycles. The molecule has 73 heavy (non-hydrogen) atoms. The summed E-state index contributed by atoms with van der Waals surface area (Å²) in [5, 5.41) is 12.5. The standard InChI is InChI=1S/C61H86O8S4/c1-6-11-16-23-30-63-52-39-46-47-40-53(64-31-24-17-12-7-2)55(66-33-26-19-14-9-4)42-49(47)51-44-57(68-35-28-21-22-29-36-69-59(62)58-45-72-61(73-58)60-70-37-38-71-60)56(67-34-27-20-15-10-5)43-50(51)48(46)41-54(52)65-32-25-18-13-8-3/h37-45H,6-36H2,1-5H3. The van der Waals surface area contributed by atoms with E-state index in [-0.39, 0.29) is 5.97 Å². The second-order valence-electron chi connectivity index (χ2n) is 19.3. The third kappa shape index (κ3) is 19.0. The van der Waals surface area contributed by atoms with E-state index < -0.39 is 0 Å². The van der Waals surface area contributed by atoms with Crippen molar-refractivity contribution in [3.63, 3.8) is 0 Å². The van der Waals surface area contributed by atoms with Gasteiger partial charge in [0, 0.05) is 0 Å². The van der Waals surface area contributed by atoms with Crippen LogP contribution in [0.4, 0.5) is 0 Å². The average Bonchev–Trinajstić information content (AvgIpc) is 4.14. The largest absolute Gasteiger partial charge is 0.490 e. The van der Waals surface area contributed by atoms with Gasteiger partial charge in [-0.1, -0.05) is 178 Å². The predicted octanol–water partition coefficient (Wildman–Crippen LogP) is 19.8. The number of fused-ring (bicyclic) bond motifs is 6. The van der Waals surface area contributed by atoms with Gasteiger partial charge in [0.15, 0.2) is 34.5 Å². The van der Waals surface area contributed by atoms with Gasteiger partial charge in [-0.3, -0.25) is 0 Å². The highest BCUT2D eigenvalue weighted by Crippen LogP contribution is 2.53. The zero-order valence-electron chi connectivity index (χ0n) is 45.0. The van der Waals surface area contributed by atoms with Crippen molar-refractivity contribution in [1.82, 2.24) is 0 Å². The van der Waals surface area contributed by atoms with E-state index in [1.54, 1.807) is 35.3 Å². The molecule has 12 heteroatoms. The molecule has 8 nitrogen and oxygen atoms in total. The first kappa shape index (κ1) is 58.8. The fraction of sp³-hybridized carbons (Fsp3) is 0.590. The lowest BCUT2D eigenvalue weighted by atomic mass is 9.93. The molecule has 0 N–H and O–H groups in total. The van der Waals surface area contributed by atoms with E-state index in [2.05, 4.69) is 81.8 Å². The average molecular weight is 1080 g/mol. The Hall–Kier alpha value is -3.45. The van der Waals surface area contributed by atoms with Crippen LogP contribution in [0, 0.1) is 0 Å². The van der Waals surface area contributed by atoms with E-state index in [0.29, 0.717) is 51.2 Å². The molecule has 6 rings (SSSR count). The third-order valence-electron chi connectivity index (χ3n) is 13.2. The third-order valence-corrected chi connectivity index (χ3v) is 18.2. The molecule has 0 atom stereocenters. The zero-order chi connectivity index (χ0) is 51.3. The Balaban J connectivity index is 1.32. The van der Waals surface area contributed by atoms with E-state index in [4.69, 9.17) is 33.2 Å². The summed E-state index contributed by atoms with van der Waals surface area (Å²) in [5.41, 5.74) is 0. The molecule has 2 aliphatic rings. The minimum atomic E-state index is -0.231. The summed E-state index contributed by atoms with van der Waals surface area (Å²) in [5.74, 6) is 4.41. The summed E-state index contributed by atoms with van der Waals surface area (Å²) in [4.78, 5) is 13.5. The molecule has 0 unspecified atom stereocenters. The van der Waals surface area contributed by atoms with Crippen LogP contribution in [0.25, 0.3) is 32.3 Å². The first-order chi connectivity index (χ1) is 36.0. The maximum atomic E-state index is 12.8. The Morgan fingerprint density at radius 1 is 0.342 bits per heavy atom. The molecule has 0 radical (unpaired) electrons. The Morgan fingerprint density at radius 3 is 0.904 bits per heavy atom. The van der Waals surface area contributed by atoms with Gasteiger partial charge in [-0.25, -0.2) is 4.79 Å². The molecule has 4 aromatic rings. The smallest absolute Gasteiger partial charge is 0.345 e. The molecule has 0 bridgehead atoms. The number of esters is 1. The lowest BCUT2D eigenvalue weighted by Gasteiger charge is -2.21. The second kappa shape index (κ2) is 34.3. The lowest BCUT2D eigenvalue weighted by molar-refractivity contribution is -0.138. The number of benzene rings is 4. The quantitative estimate of drug-likeness (QED) is 0.0242. The van der Waals surface area contributed by atoms with Crippen LogP contribution >= 0.6 is 47.0 Å². The fourth-order valence-electron chi connectivity index (χ4n) is 8.96. The number of hydrogen-bond acceptors (Lipinski definition) is 12. The van der Waals surface area contributed by atoms with Gasteiger partial charge in [0.05, 0.1) is 54.7 Å². The van der Waals surface area contributed by atoms with Crippen molar-refractivity contribution in [2.75, 3.05) is 46.2 Å². The lowest BCUT2D eigenvalue weighted by Crippen LogP contribution is -2.06. The minimum absolute atomic E-state index is 0.231. The highest BCUT2D eigenvalue weighted by molar-refractivity contribution is 8.33. The summed E-state index contributed by atoms with van der Waals surface area (Å²) in [6.45, 7) is 15.3. The van der Waals surface area contributed by atoms with E-state index in [1.807, 2.05) is 5.41 Å². The molecule has 4 aromatic carbocycles. The summed E-state index contributed by atoms with van der Waals surface area (Å²) in [6, 6.07) is 13.3. The Labute approximate surface area is 456 Å². The minimum Gasteiger partial charge on any atom is -0.490 e. The maximum Gasteiger partial charge on any atom is 0.345 e. The Bertz CT molecular complexity index is 2330. The van der Waals surface area contributed by atoms with Gasteiger partial charge in [0.1, 0.15) is 4.91 Å². The van der Waals surface area contributed by atoms with Crippen LogP contribution in [0.5, 0.6) is 34.5 Å². The zero-order valence-corrected chi connectivity index (χ0v) is 48.3. The monoisotopic (exact) mass is 1070 g/mol. The molecule has 0 amide bonds. The molecule has 402 valence electrons. The van der Waals surface area contributed by atoms with Crippen molar-refractivity contribution < 1.29 is 38.0 Å². The fourth-order valence-corrected chi connectivity index (χ4v) is 13.3. The van der Waals surface area contributed by atoms with Crippen LogP contribution in [0.15, 0.2) is 66.0 Å². The van der Waals surface area contributed by atoms with Crippen LogP contribution in [0.3, 0.4) is 0 Å². The van der Waals surface area contributed by atoms with Gasteiger partial charge in [0.2, 0.25) is 0 Å². The van der Waals surface area contributed by atoms with Gasteiger partial charge < -0.3 is 33.2 Å². The number of carbonyl (C=O) groups excluding carboxylic acids is 1. The molecular formula is C61H86O8S4. The van der Waals surface area contributed by atoms with Gasteiger partial charge in [-0.05, 0) is 143 Å². The maximum absolute atomic E-state index is 12.8. The van der Waals surface area contributed by atoms with Crippen molar-refractivity contribution >= 4 is 85.3 Å². The highest BCUT2D eigenvalue weighted by atomic mass is 32.2. The summed E-state index contributed by atoms with van der Waals surface area (Å²) in [7, 11) is 0. The number of ether oxygens (including phenoxy) is 7. The molecule has 0 spiro atoms. The summed E-state index contributed by atoms with van der Waals surface area (Å²) in [6.07, 6.45) is 26.1. The summed E-state index contributed by atoms with van der Waals surface area (Å²) >= 11 is 6.54. The van der Waals surface area contributed by atoms with Crippen molar-refractivity contribution in [2.45, 2.75) is 189 Å². The number of thioether (sulfide) groups is 4. The van der Waals surface area contributed by atoms with Crippen LogP contribution < -0.4 is 28.4 Å². The molecule has 2 aliphatic heterocycles. The number of hydrogen-bond donors (Lipinski definition) is 0. The van der Waals surface area contributed by atoms with E-state index >= 15 is 0 Å². The SMILES string of the molecule is CCCCCCOc1cc2c3cc(OCCCCCC)c(OCCCCCC)cc3c3cc(OCCCCCCOC(=O)C4=CSC(=C5SC=CS5)S4)c(OCCCCCC)cc3c2cc1OCCCCCC. The van der Waals surface area contributed by atoms with Crippen molar-refractivity contribution in [3.05, 3.63) is 66.0 Å². The van der Waals surface area contributed by atoms with Gasteiger partial charge in [0.25, 0.3) is 0 Å². The summed E-state index contributed by atoms with van der Waals surface area (Å²) < 4.78 is 48.3. The van der Waals surface area contributed by atoms with E-state index in [9.17, 15) is 4.79 Å². The predicted molar refractivity (Wildman–Crippen MR) is 317 cm³/mol. The molecular weight excluding hydrogens is 989 g/mol. The Kier molecular flexibility index (Phi) is 27.6. The Morgan fingerprint density at radius 2 is 0.616 bits per heavy atom. The molecule has 0 saturated carbocycles. The van der Waals surface area contributed by atoms with Crippen LogP contribution in [0.1, 0.15) is 189 Å². The second-order valence-corrected chi connectivity index (χ2v) is 23.5. The topological polar surface area (TPSA) is 81.7 Å². The highest BCUT2D eigenvalue weighted by Gasteiger charge is 2.25. The van der Waals surface area contributed by atoms with Crippen molar-refractivity contribution in [2.24, 2.45) is 0 Å². The first-order valence-corrected chi connectivity index (χ1v) is 31.7. The molecule has 2 heterocycles. The van der Waals surface area contributed by atoms with Gasteiger partial charge >= 0.3 is 5.97 Å². The molecule has 0 saturated heterocycles. The number of rotatable bonds is 39. The van der Waals surface area contributed by atoms with Crippen LogP contribution in [-0.4, -0.2) is 52.2 Å². The van der Waals surface area contributed by atoms with Gasteiger partial charge in [-0.15, -0.1) is 0 Å². The van der Waals surface area contributed by atoms with E-state index in [1.165, 1.54) is 80.2 Å². The first-order valence-electron chi connectivity index (χ1n) is 28.3. The van der Waals surface area contributed by atoms with E-state index in [0.717, 1.165) is 161 Å². The molecule has 0 aliphatic carbocycles. The molecule has 0 fully saturated rings. The van der Waals surface area contributed by atoms with Crippen molar-refractivity contribution in [1.29, 1.82) is 0 Å². The number of carbonyl (C=O) groups is 1. The van der Waals surface area contributed by atoms with Crippen LogP contribution in [0.2, 0.25) is 0 Å². The number of unbranched alkanes of at least 4 members (excludes halogenated alkanes) is 18. The normalized spacial score (nSPS) is 13.4. The van der Waals surface area contributed by atoms with Crippen LogP contribution in [-0.2, 0) is 9.53 Å². The van der Waals surface area contributed by atoms with Crippen molar-refractivity contribution in [3.8, 4) is 34.5 Å². The van der Waals surface area contributed by atoms with Gasteiger partial charge in [-0.2, -0.15) is 0 Å².